The molecule has 0 spiro atoms. The Morgan fingerprint density at radius 1 is 1.15 bits per heavy atom. The van der Waals surface area contributed by atoms with Crippen molar-refractivity contribution in [3.8, 4) is 11.4 Å². The van der Waals surface area contributed by atoms with Gasteiger partial charge in [0.1, 0.15) is 5.65 Å². The SMILES string of the molecule is CCn1ccc(=O)c2c(C)nc(-c3ccncc3)nc21. The van der Waals surface area contributed by atoms with Gasteiger partial charge in [-0.3, -0.25) is 9.78 Å². The van der Waals surface area contributed by atoms with Gasteiger partial charge in [-0.15, -0.1) is 0 Å². The summed E-state index contributed by atoms with van der Waals surface area (Å²) in [5.41, 5.74) is 2.24. The molecule has 0 atom stereocenters. The van der Waals surface area contributed by atoms with Crippen LogP contribution in [-0.4, -0.2) is 19.5 Å². The van der Waals surface area contributed by atoms with Crippen LogP contribution in [0.15, 0.2) is 41.6 Å². The lowest BCUT2D eigenvalue weighted by Crippen LogP contribution is -2.12. The smallest absolute Gasteiger partial charge is 0.192 e. The van der Waals surface area contributed by atoms with E-state index in [1.807, 2.05) is 30.5 Å². The van der Waals surface area contributed by atoms with Crippen molar-refractivity contribution in [3.63, 3.8) is 0 Å². The third-order valence-corrected chi connectivity index (χ3v) is 3.27. The minimum absolute atomic E-state index is 0.0384. The van der Waals surface area contributed by atoms with E-state index in [9.17, 15) is 4.79 Å². The van der Waals surface area contributed by atoms with Gasteiger partial charge in [0, 0.05) is 36.8 Å². The Balaban J connectivity index is 2.36. The van der Waals surface area contributed by atoms with E-state index in [1.54, 1.807) is 24.7 Å². The maximum atomic E-state index is 12.0. The number of rotatable bonds is 2. The molecule has 5 nitrogen and oxygen atoms in total. The van der Waals surface area contributed by atoms with E-state index in [0.717, 1.165) is 12.1 Å². The van der Waals surface area contributed by atoms with Crippen molar-refractivity contribution >= 4 is 11.0 Å². The Bertz CT molecular complexity index is 824. The molecule has 0 N–H and O–H groups in total. The molecule has 3 aromatic heterocycles. The van der Waals surface area contributed by atoms with Gasteiger partial charge >= 0.3 is 0 Å². The van der Waals surface area contributed by atoms with Gasteiger partial charge in [-0.25, -0.2) is 9.97 Å². The molecule has 0 aliphatic carbocycles. The monoisotopic (exact) mass is 266 g/mol. The molecule has 0 aliphatic heterocycles. The molecule has 0 amide bonds. The lowest BCUT2D eigenvalue weighted by atomic mass is 10.2. The lowest BCUT2D eigenvalue weighted by Gasteiger charge is -2.10. The normalized spacial score (nSPS) is 10.9. The molecule has 0 unspecified atom stereocenters. The summed E-state index contributed by atoms with van der Waals surface area (Å²) >= 11 is 0. The largest absolute Gasteiger partial charge is 0.332 e. The molecular formula is C15H14N4O. The second-order valence-electron chi connectivity index (χ2n) is 4.53. The van der Waals surface area contributed by atoms with Crippen LogP contribution in [0.4, 0.5) is 0 Å². The summed E-state index contributed by atoms with van der Waals surface area (Å²) in [5, 5.41) is 0.590. The third-order valence-electron chi connectivity index (χ3n) is 3.27. The topological polar surface area (TPSA) is 60.7 Å². The Hall–Kier alpha value is -2.56. The van der Waals surface area contributed by atoms with Crippen LogP contribution in [-0.2, 0) is 6.54 Å². The van der Waals surface area contributed by atoms with Gasteiger partial charge in [-0.05, 0) is 26.0 Å². The van der Waals surface area contributed by atoms with Gasteiger partial charge in [0.05, 0.1) is 11.1 Å². The average Bonchev–Trinajstić information content (AvgIpc) is 2.48. The van der Waals surface area contributed by atoms with Gasteiger partial charge < -0.3 is 4.57 Å². The zero-order chi connectivity index (χ0) is 14.1. The molecule has 100 valence electrons. The number of aryl methyl sites for hydroxylation is 2. The van der Waals surface area contributed by atoms with E-state index in [2.05, 4.69) is 15.0 Å². The zero-order valence-corrected chi connectivity index (χ0v) is 11.4. The van der Waals surface area contributed by atoms with Crippen molar-refractivity contribution in [1.29, 1.82) is 0 Å². The Kier molecular flexibility index (Phi) is 3.02. The molecule has 5 heteroatoms. The number of nitrogens with zero attached hydrogens (tertiary/aromatic N) is 4. The number of fused-ring (bicyclic) bond motifs is 1. The lowest BCUT2D eigenvalue weighted by molar-refractivity contribution is 0.775. The fourth-order valence-electron chi connectivity index (χ4n) is 2.25. The first-order chi connectivity index (χ1) is 9.70. The molecule has 0 aliphatic rings. The van der Waals surface area contributed by atoms with Crippen molar-refractivity contribution in [2.24, 2.45) is 0 Å². The summed E-state index contributed by atoms with van der Waals surface area (Å²) < 4.78 is 1.95. The molecule has 0 radical (unpaired) electrons. The fourth-order valence-corrected chi connectivity index (χ4v) is 2.25. The highest BCUT2D eigenvalue weighted by atomic mass is 16.1. The number of aromatic nitrogens is 4. The van der Waals surface area contributed by atoms with E-state index in [0.29, 0.717) is 22.6 Å². The predicted octanol–water partition coefficient (Wildman–Crippen LogP) is 2.18. The molecule has 0 aromatic carbocycles. The minimum atomic E-state index is -0.0384. The highest BCUT2D eigenvalue weighted by Crippen LogP contribution is 2.18. The summed E-state index contributed by atoms with van der Waals surface area (Å²) in [6.45, 7) is 4.62. The quantitative estimate of drug-likeness (QED) is 0.713. The van der Waals surface area contributed by atoms with Crippen molar-refractivity contribution < 1.29 is 0 Å². The van der Waals surface area contributed by atoms with Crippen LogP contribution in [0, 0.1) is 6.92 Å². The third kappa shape index (κ3) is 1.97. The molecule has 3 rings (SSSR count). The molecule has 0 fully saturated rings. The van der Waals surface area contributed by atoms with Crippen molar-refractivity contribution in [2.45, 2.75) is 20.4 Å². The minimum Gasteiger partial charge on any atom is -0.332 e. The van der Waals surface area contributed by atoms with Crippen LogP contribution < -0.4 is 5.43 Å². The van der Waals surface area contributed by atoms with Gasteiger partial charge in [0.15, 0.2) is 11.3 Å². The molecule has 3 aromatic rings. The van der Waals surface area contributed by atoms with E-state index in [4.69, 9.17) is 0 Å². The second kappa shape index (κ2) is 4.85. The van der Waals surface area contributed by atoms with Gasteiger partial charge in [-0.1, -0.05) is 0 Å². The summed E-state index contributed by atoms with van der Waals surface area (Å²) in [7, 11) is 0. The number of hydrogen-bond donors (Lipinski definition) is 0. The van der Waals surface area contributed by atoms with E-state index >= 15 is 0 Å². The second-order valence-corrected chi connectivity index (χ2v) is 4.53. The van der Waals surface area contributed by atoms with Crippen LogP contribution in [0.2, 0.25) is 0 Å². The predicted molar refractivity (Wildman–Crippen MR) is 77.4 cm³/mol. The maximum absolute atomic E-state index is 12.0. The average molecular weight is 266 g/mol. The summed E-state index contributed by atoms with van der Waals surface area (Å²) in [6.07, 6.45) is 5.18. The molecule has 20 heavy (non-hydrogen) atoms. The Morgan fingerprint density at radius 2 is 1.90 bits per heavy atom. The van der Waals surface area contributed by atoms with Crippen LogP contribution in [0.5, 0.6) is 0 Å². The van der Waals surface area contributed by atoms with E-state index in [-0.39, 0.29) is 5.43 Å². The summed E-state index contributed by atoms with van der Waals surface area (Å²) in [6, 6.07) is 5.28. The van der Waals surface area contributed by atoms with Crippen molar-refractivity contribution in [2.75, 3.05) is 0 Å². The molecule has 0 bridgehead atoms. The highest BCUT2D eigenvalue weighted by molar-refractivity contribution is 5.79. The number of pyridine rings is 2. The molecular weight excluding hydrogens is 252 g/mol. The first kappa shape index (κ1) is 12.5. The molecule has 0 saturated heterocycles. The van der Waals surface area contributed by atoms with Gasteiger partial charge in [0.25, 0.3) is 0 Å². The summed E-state index contributed by atoms with van der Waals surface area (Å²) in [4.78, 5) is 25.0. The van der Waals surface area contributed by atoms with Crippen LogP contribution in [0.1, 0.15) is 12.6 Å². The molecule has 0 saturated carbocycles. The maximum Gasteiger partial charge on any atom is 0.192 e. The standard InChI is InChI=1S/C15H14N4O/c1-3-19-9-6-12(20)13-10(2)17-14(18-15(13)19)11-4-7-16-8-5-11/h4-9H,3H2,1-2H3. The van der Waals surface area contributed by atoms with Crippen LogP contribution in [0.3, 0.4) is 0 Å². The fraction of sp³-hybridized carbons (Fsp3) is 0.200. The summed E-state index contributed by atoms with van der Waals surface area (Å²) in [5.74, 6) is 0.616. The van der Waals surface area contributed by atoms with Gasteiger partial charge in [0.2, 0.25) is 0 Å². The van der Waals surface area contributed by atoms with Crippen molar-refractivity contribution in [3.05, 3.63) is 52.7 Å². The van der Waals surface area contributed by atoms with Gasteiger partial charge in [-0.2, -0.15) is 0 Å². The molecule has 3 heterocycles. The Labute approximate surface area is 116 Å². The zero-order valence-electron chi connectivity index (χ0n) is 11.4. The number of hydrogen-bond acceptors (Lipinski definition) is 4. The first-order valence-electron chi connectivity index (χ1n) is 6.49. The van der Waals surface area contributed by atoms with E-state index < -0.39 is 0 Å². The first-order valence-corrected chi connectivity index (χ1v) is 6.49. The van der Waals surface area contributed by atoms with E-state index in [1.165, 1.54) is 0 Å². The van der Waals surface area contributed by atoms with Crippen molar-refractivity contribution in [1.82, 2.24) is 19.5 Å². The van der Waals surface area contributed by atoms with Crippen LogP contribution in [0.25, 0.3) is 22.4 Å². The van der Waals surface area contributed by atoms with Crippen LogP contribution >= 0.6 is 0 Å². The Morgan fingerprint density at radius 3 is 2.60 bits per heavy atom. The highest BCUT2D eigenvalue weighted by Gasteiger charge is 2.11.